The molecule has 3 aromatic rings. The summed E-state index contributed by atoms with van der Waals surface area (Å²) in [6, 6.07) is 15.0. The van der Waals surface area contributed by atoms with E-state index < -0.39 is 0 Å². The molecule has 0 bridgehead atoms. The van der Waals surface area contributed by atoms with Crippen LogP contribution in [0.5, 0.6) is 0 Å². The Hall–Kier alpha value is -3.15. The number of anilines is 1. The zero-order valence-electron chi connectivity index (χ0n) is 13.8. The fraction of sp³-hybridized carbons (Fsp3) is 0.167. The maximum atomic E-state index is 12.2. The molecule has 0 unspecified atom stereocenters. The van der Waals surface area contributed by atoms with Gasteiger partial charge in [-0.2, -0.15) is 9.72 Å². The molecule has 0 atom stereocenters. The molecule has 0 radical (unpaired) electrons. The van der Waals surface area contributed by atoms with Gasteiger partial charge in [-0.25, -0.2) is 0 Å². The third-order valence-electron chi connectivity index (χ3n) is 3.67. The van der Waals surface area contributed by atoms with E-state index in [1.54, 1.807) is 12.1 Å². The highest BCUT2D eigenvalue weighted by Gasteiger charge is 2.12. The van der Waals surface area contributed by atoms with E-state index in [1.807, 2.05) is 62.3 Å². The van der Waals surface area contributed by atoms with Crippen LogP contribution in [-0.2, 0) is 0 Å². The van der Waals surface area contributed by atoms with Crippen LogP contribution >= 0.6 is 0 Å². The predicted octanol–water partition coefficient (Wildman–Crippen LogP) is 3.37. The highest BCUT2D eigenvalue weighted by molar-refractivity contribution is 5.72. The number of rotatable bonds is 4. The molecule has 0 aliphatic carbocycles. The summed E-state index contributed by atoms with van der Waals surface area (Å²) in [6.07, 6.45) is 1.30. The Balaban J connectivity index is 1.85. The number of aryl methyl sites for hydroxylation is 1. The smallest absolute Gasteiger partial charge is 0.261 e. The average molecular weight is 322 g/mol. The zero-order valence-corrected chi connectivity index (χ0v) is 13.8. The molecule has 0 aliphatic rings. The lowest BCUT2D eigenvalue weighted by atomic mass is 10.1. The molecule has 0 amide bonds. The molecule has 122 valence electrons. The molecule has 0 saturated carbocycles. The molecule has 0 spiro atoms. The van der Waals surface area contributed by atoms with E-state index in [2.05, 4.69) is 10.1 Å². The average Bonchev–Trinajstić information content (AvgIpc) is 3.03. The van der Waals surface area contributed by atoms with Crippen LogP contribution in [0.25, 0.3) is 11.5 Å². The Labute approximate surface area is 140 Å². The minimum absolute atomic E-state index is 0.236. The van der Waals surface area contributed by atoms with Crippen molar-refractivity contribution in [2.45, 2.75) is 6.92 Å². The Bertz CT molecular complexity index is 867. The van der Waals surface area contributed by atoms with Gasteiger partial charge in [-0.05, 0) is 30.7 Å². The first kappa shape index (κ1) is 15.7. The molecule has 2 aromatic carbocycles. The van der Waals surface area contributed by atoms with Crippen molar-refractivity contribution < 1.29 is 9.26 Å². The van der Waals surface area contributed by atoms with E-state index in [0.717, 1.165) is 21.6 Å². The van der Waals surface area contributed by atoms with E-state index in [-0.39, 0.29) is 5.82 Å². The van der Waals surface area contributed by atoms with Gasteiger partial charge in [0.25, 0.3) is 11.7 Å². The molecule has 0 saturated heterocycles. The van der Waals surface area contributed by atoms with Gasteiger partial charge in [0, 0.05) is 37.5 Å². The molecule has 1 heterocycles. The first-order chi connectivity index (χ1) is 11.5. The fourth-order valence-corrected chi connectivity index (χ4v) is 2.29. The van der Waals surface area contributed by atoms with E-state index in [4.69, 9.17) is 4.52 Å². The second-order valence-corrected chi connectivity index (χ2v) is 5.64. The van der Waals surface area contributed by atoms with Gasteiger partial charge in [0.15, 0.2) is 0 Å². The van der Waals surface area contributed by atoms with Crippen LogP contribution in [0.2, 0.25) is 0 Å². The summed E-state index contributed by atoms with van der Waals surface area (Å²) in [5.74, 6) is 0.635. The van der Waals surface area contributed by atoms with Crippen molar-refractivity contribution >= 4 is 17.6 Å². The van der Waals surface area contributed by atoms with Gasteiger partial charge in [0.05, 0.1) is 0 Å². The standard InChI is InChI=1S/C18H18N4O2/c1-13-6-4-5-7-16(13)18-19-17(20-24-18)12-22(23)15-10-8-14(9-11-15)21(2)3/h4-12H,1-3H3/b22-12-. The van der Waals surface area contributed by atoms with Crippen molar-refractivity contribution in [2.75, 3.05) is 19.0 Å². The number of hydrogen-bond acceptors (Lipinski definition) is 5. The SMILES string of the molecule is Cc1ccccc1-c1nc(/C=[N+](\[O-])c2ccc(N(C)C)cc2)no1. The summed E-state index contributed by atoms with van der Waals surface area (Å²) < 4.78 is 5.98. The van der Waals surface area contributed by atoms with Crippen molar-refractivity contribution in [1.82, 2.24) is 10.1 Å². The summed E-state index contributed by atoms with van der Waals surface area (Å²) in [4.78, 5) is 6.24. The Morgan fingerprint density at radius 1 is 1.08 bits per heavy atom. The first-order valence-electron chi connectivity index (χ1n) is 7.53. The molecule has 3 rings (SSSR count). The fourth-order valence-electron chi connectivity index (χ4n) is 2.29. The molecule has 24 heavy (non-hydrogen) atoms. The normalized spacial score (nSPS) is 11.5. The Kier molecular flexibility index (Phi) is 4.29. The van der Waals surface area contributed by atoms with Crippen molar-refractivity contribution in [3.8, 4) is 11.5 Å². The third kappa shape index (κ3) is 3.27. The number of benzene rings is 2. The van der Waals surface area contributed by atoms with Crippen LogP contribution in [0.3, 0.4) is 0 Å². The summed E-state index contributed by atoms with van der Waals surface area (Å²) in [5, 5.41) is 16.1. The molecule has 6 heteroatoms. The van der Waals surface area contributed by atoms with Gasteiger partial charge in [0.2, 0.25) is 11.9 Å². The maximum absolute atomic E-state index is 12.2. The largest absolute Gasteiger partial charge is 0.618 e. The number of nitrogens with zero attached hydrogens (tertiary/aromatic N) is 4. The highest BCUT2D eigenvalue weighted by atomic mass is 16.5. The molecular formula is C18H18N4O2. The summed E-state index contributed by atoms with van der Waals surface area (Å²) in [6.45, 7) is 1.97. The summed E-state index contributed by atoms with van der Waals surface area (Å²) in [5.41, 5.74) is 3.42. The van der Waals surface area contributed by atoms with Crippen molar-refractivity contribution in [3.05, 3.63) is 65.1 Å². The minimum atomic E-state index is 0.236. The quantitative estimate of drug-likeness (QED) is 0.319. The Morgan fingerprint density at radius 2 is 1.79 bits per heavy atom. The van der Waals surface area contributed by atoms with Crippen LogP contribution in [0.15, 0.2) is 53.1 Å². The molecular weight excluding hydrogens is 304 g/mol. The number of aromatic nitrogens is 2. The van der Waals surface area contributed by atoms with Gasteiger partial charge in [0.1, 0.15) is 0 Å². The monoisotopic (exact) mass is 322 g/mol. The van der Waals surface area contributed by atoms with Crippen molar-refractivity contribution in [3.63, 3.8) is 0 Å². The lowest BCUT2D eigenvalue weighted by Crippen LogP contribution is -2.08. The van der Waals surface area contributed by atoms with Crippen LogP contribution in [-0.4, -0.2) is 35.2 Å². The minimum Gasteiger partial charge on any atom is -0.618 e. The van der Waals surface area contributed by atoms with Gasteiger partial charge < -0.3 is 14.6 Å². The third-order valence-corrected chi connectivity index (χ3v) is 3.67. The first-order valence-corrected chi connectivity index (χ1v) is 7.53. The molecule has 6 nitrogen and oxygen atoms in total. The van der Waals surface area contributed by atoms with Crippen molar-refractivity contribution in [1.29, 1.82) is 0 Å². The highest BCUT2D eigenvalue weighted by Crippen LogP contribution is 2.21. The van der Waals surface area contributed by atoms with E-state index in [0.29, 0.717) is 11.6 Å². The molecule has 0 aliphatic heterocycles. The zero-order chi connectivity index (χ0) is 17.1. The van der Waals surface area contributed by atoms with Crippen LogP contribution < -0.4 is 4.90 Å². The van der Waals surface area contributed by atoms with Gasteiger partial charge in [-0.3, -0.25) is 0 Å². The van der Waals surface area contributed by atoms with Gasteiger partial charge in [-0.15, -0.1) is 0 Å². The van der Waals surface area contributed by atoms with Crippen LogP contribution in [0.4, 0.5) is 11.4 Å². The van der Waals surface area contributed by atoms with Crippen LogP contribution in [0.1, 0.15) is 11.4 Å². The second-order valence-electron chi connectivity index (χ2n) is 5.64. The topological polar surface area (TPSA) is 68.2 Å². The van der Waals surface area contributed by atoms with Crippen molar-refractivity contribution in [2.24, 2.45) is 0 Å². The molecule has 1 aromatic heterocycles. The van der Waals surface area contributed by atoms with Crippen LogP contribution in [0, 0.1) is 12.1 Å². The lowest BCUT2D eigenvalue weighted by molar-refractivity contribution is -0.354. The predicted molar refractivity (Wildman–Crippen MR) is 93.7 cm³/mol. The lowest BCUT2D eigenvalue weighted by Gasteiger charge is -2.11. The molecule has 0 N–H and O–H groups in total. The maximum Gasteiger partial charge on any atom is 0.261 e. The van der Waals surface area contributed by atoms with E-state index >= 15 is 0 Å². The van der Waals surface area contributed by atoms with Gasteiger partial charge >= 0.3 is 0 Å². The van der Waals surface area contributed by atoms with Gasteiger partial charge in [-0.1, -0.05) is 23.4 Å². The molecule has 0 fully saturated rings. The second kappa shape index (κ2) is 6.54. The number of hydrogen-bond donors (Lipinski definition) is 0. The van der Waals surface area contributed by atoms with E-state index in [1.165, 1.54) is 6.21 Å². The summed E-state index contributed by atoms with van der Waals surface area (Å²) in [7, 11) is 3.89. The van der Waals surface area contributed by atoms with E-state index in [9.17, 15) is 5.21 Å². The summed E-state index contributed by atoms with van der Waals surface area (Å²) >= 11 is 0. The Morgan fingerprint density at radius 3 is 2.46 bits per heavy atom.